The number of β-amino-alcohol motifs (C(OH)–C–C–N with tert-alkyl or cyclic N) is 1. The maximum Gasteiger partial charge on any atom is 0.228 e. The highest BCUT2D eigenvalue weighted by molar-refractivity contribution is 7.18. The number of thiazole rings is 1. The summed E-state index contributed by atoms with van der Waals surface area (Å²) in [5.74, 6) is 2.18. The molecule has 8 nitrogen and oxygen atoms in total. The average Bonchev–Trinajstić information content (AvgIpc) is 3.30. The van der Waals surface area contributed by atoms with Gasteiger partial charge in [-0.2, -0.15) is 0 Å². The number of carbonyl (C=O) groups is 1. The summed E-state index contributed by atoms with van der Waals surface area (Å²) in [6.45, 7) is 6.86. The van der Waals surface area contributed by atoms with Crippen molar-refractivity contribution in [2.75, 3.05) is 37.8 Å². The lowest BCUT2D eigenvalue weighted by molar-refractivity contribution is -0.111. The van der Waals surface area contributed by atoms with Crippen LogP contribution in [0.15, 0.2) is 72.8 Å². The van der Waals surface area contributed by atoms with Crippen LogP contribution in [0.5, 0.6) is 17.2 Å². The molecule has 1 fully saturated rings. The van der Waals surface area contributed by atoms with E-state index in [2.05, 4.69) is 16.8 Å². The number of hydrogen-bond donors (Lipinski definition) is 1. The monoisotopic (exact) mass is 532 g/mol. The molecule has 1 aliphatic heterocycles. The van der Waals surface area contributed by atoms with E-state index in [-0.39, 0.29) is 12.6 Å². The lowest BCUT2D eigenvalue weighted by Crippen LogP contribution is -2.58. The minimum Gasteiger partial charge on any atom is -0.491 e. The first-order chi connectivity index (χ1) is 18.5. The van der Waals surface area contributed by atoms with Crippen LogP contribution in [0.3, 0.4) is 0 Å². The van der Waals surface area contributed by atoms with Gasteiger partial charge in [-0.25, -0.2) is 15.0 Å². The number of aromatic nitrogens is 1. The van der Waals surface area contributed by atoms with Crippen LogP contribution >= 0.6 is 11.3 Å². The van der Waals surface area contributed by atoms with E-state index in [0.717, 1.165) is 39.6 Å². The minimum absolute atomic E-state index is 0.149. The molecule has 9 heteroatoms. The number of fused-ring (bicyclic) bond motifs is 1. The number of nitrogens with zero attached hydrogens (tertiary/aromatic N) is 4. The van der Waals surface area contributed by atoms with Gasteiger partial charge in [0.1, 0.15) is 30.0 Å². The summed E-state index contributed by atoms with van der Waals surface area (Å²) in [6.07, 6.45) is 0.217. The molecule has 1 aromatic heterocycles. The van der Waals surface area contributed by atoms with Crippen molar-refractivity contribution in [3.05, 3.63) is 77.8 Å². The molecule has 0 bridgehead atoms. The zero-order valence-electron chi connectivity index (χ0n) is 21.6. The van der Waals surface area contributed by atoms with Crippen LogP contribution in [-0.2, 0) is 4.79 Å². The van der Waals surface area contributed by atoms with Crippen molar-refractivity contribution in [1.29, 1.82) is 0 Å². The first-order valence-electron chi connectivity index (χ1n) is 12.7. The Morgan fingerprint density at radius 1 is 1.08 bits per heavy atom. The van der Waals surface area contributed by atoms with E-state index in [1.54, 1.807) is 16.3 Å². The number of ether oxygens (including phenoxy) is 2. The highest BCUT2D eigenvalue weighted by Gasteiger charge is 2.29. The number of amides is 1. The summed E-state index contributed by atoms with van der Waals surface area (Å²) >= 11 is 1.65. The Hall–Kier alpha value is -3.50. The van der Waals surface area contributed by atoms with Crippen molar-refractivity contribution in [2.24, 2.45) is 0 Å². The molecule has 4 aromatic rings. The SMILES string of the molecule is Cc1nc2cc(OC[C@H](O)CN3CCN(N(C=O)c4ccc(Oc5ccccc5)cc4)C[C@@H]3C)ccc2s1. The second-order valence-electron chi connectivity index (χ2n) is 9.44. The number of anilines is 1. The van der Waals surface area contributed by atoms with Crippen molar-refractivity contribution >= 4 is 33.7 Å². The molecule has 3 aromatic carbocycles. The minimum atomic E-state index is -0.629. The Balaban J connectivity index is 1.12. The van der Waals surface area contributed by atoms with Crippen molar-refractivity contribution in [1.82, 2.24) is 14.9 Å². The normalized spacial score (nSPS) is 17.3. The molecule has 0 spiro atoms. The molecule has 2 heterocycles. The fraction of sp³-hybridized carbons (Fsp3) is 0.310. The van der Waals surface area contributed by atoms with E-state index >= 15 is 0 Å². The third kappa shape index (κ3) is 6.31. The maximum atomic E-state index is 12.0. The number of para-hydroxylation sites is 1. The Kier molecular flexibility index (Phi) is 8.19. The van der Waals surface area contributed by atoms with Crippen LogP contribution in [-0.4, -0.2) is 71.3 Å². The maximum absolute atomic E-state index is 12.0. The van der Waals surface area contributed by atoms with E-state index in [1.165, 1.54) is 0 Å². The largest absolute Gasteiger partial charge is 0.491 e. The van der Waals surface area contributed by atoms with Crippen LogP contribution < -0.4 is 14.5 Å². The van der Waals surface area contributed by atoms with Gasteiger partial charge in [0.25, 0.3) is 0 Å². The third-order valence-electron chi connectivity index (χ3n) is 6.58. The Labute approximate surface area is 226 Å². The first kappa shape index (κ1) is 26.1. The average molecular weight is 533 g/mol. The topological polar surface area (TPSA) is 78.4 Å². The molecule has 2 atom stereocenters. The van der Waals surface area contributed by atoms with Crippen molar-refractivity contribution in [2.45, 2.75) is 26.0 Å². The molecule has 1 N–H and O–H groups in total. The molecule has 0 aliphatic carbocycles. The number of aliphatic hydroxyl groups excluding tert-OH is 1. The predicted octanol–water partition coefficient (Wildman–Crippen LogP) is 4.72. The zero-order valence-corrected chi connectivity index (χ0v) is 22.4. The van der Waals surface area contributed by atoms with Gasteiger partial charge in [0.2, 0.25) is 6.41 Å². The summed E-state index contributed by atoms with van der Waals surface area (Å²) in [7, 11) is 0. The number of hydrogen-bond acceptors (Lipinski definition) is 8. The smallest absolute Gasteiger partial charge is 0.228 e. The molecule has 0 unspecified atom stereocenters. The lowest BCUT2D eigenvalue weighted by Gasteiger charge is -2.43. The first-order valence-corrected chi connectivity index (χ1v) is 13.5. The van der Waals surface area contributed by atoms with Gasteiger partial charge in [0.15, 0.2) is 0 Å². The summed E-state index contributed by atoms with van der Waals surface area (Å²) < 4.78 is 12.8. The molecule has 1 amide bonds. The summed E-state index contributed by atoms with van der Waals surface area (Å²) in [5, 5.41) is 15.4. The van der Waals surface area contributed by atoms with Crippen molar-refractivity contribution in [3.63, 3.8) is 0 Å². The Morgan fingerprint density at radius 3 is 2.55 bits per heavy atom. The molecule has 38 heavy (non-hydrogen) atoms. The fourth-order valence-corrected chi connectivity index (χ4v) is 5.46. The number of carbonyl (C=O) groups excluding carboxylic acids is 1. The summed E-state index contributed by atoms with van der Waals surface area (Å²) in [4.78, 5) is 18.8. The van der Waals surface area contributed by atoms with E-state index in [4.69, 9.17) is 9.47 Å². The van der Waals surface area contributed by atoms with E-state index < -0.39 is 6.10 Å². The van der Waals surface area contributed by atoms with Crippen LogP contribution in [0.1, 0.15) is 11.9 Å². The second kappa shape index (κ2) is 11.9. The van der Waals surface area contributed by atoms with Gasteiger partial charge in [-0.3, -0.25) is 9.69 Å². The highest BCUT2D eigenvalue weighted by Crippen LogP contribution is 2.27. The number of aryl methyl sites for hydroxylation is 1. The highest BCUT2D eigenvalue weighted by atomic mass is 32.1. The molecular formula is C29H32N4O4S. The van der Waals surface area contributed by atoms with Gasteiger partial charge < -0.3 is 14.6 Å². The molecule has 0 radical (unpaired) electrons. The zero-order chi connectivity index (χ0) is 26.5. The van der Waals surface area contributed by atoms with Crippen LogP contribution in [0.25, 0.3) is 10.2 Å². The molecule has 0 saturated carbocycles. The quantitative estimate of drug-likeness (QED) is 0.296. The number of rotatable bonds is 10. The van der Waals surface area contributed by atoms with Crippen molar-refractivity contribution in [3.8, 4) is 17.2 Å². The van der Waals surface area contributed by atoms with Crippen LogP contribution in [0, 0.1) is 6.92 Å². The number of hydrazine groups is 1. The predicted molar refractivity (Wildman–Crippen MR) is 150 cm³/mol. The lowest BCUT2D eigenvalue weighted by atomic mass is 10.2. The van der Waals surface area contributed by atoms with Gasteiger partial charge in [-0.15, -0.1) is 11.3 Å². The van der Waals surface area contributed by atoms with Gasteiger partial charge >= 0.3 is 0 Å². The Bertz CT molecular complexity index is 1350. The van der Waals surface area contributed by atoms with Gasteiger partial charge in [0, 0.05) is 38.3 Å². The van der Waals surface area contributed by atoms with Gasteiger partial charge in [0.05, 0.1) is 20.9 Å². The molecule has 5 rings (SSSR count). The van der Waals surface area contributed by atoms with Crippen LogP contribution in [0.4, 0.5) is 5.69 Å². The third-order valence-corrected chi connectivity index (χ3v) is 7.53. The fourth-order valence-electron chi connectivity index (χ4n) is 4.65. The number of piperazine rings is 1. The molecule has 198 valence electrons. The second-order valence-corrected chi connectivity index (χ2v) is 10.7. The van der Waals surface area contributed by atoms with E-state index in [9.17, 15) is 9.90 Å². The number of aliphatic hydroxyl groups is 1. The van der Waals surface area contributed by atoms with Crippen LogP contribution in [0.2, 0.25) is 0 Å². The van der Waals surface area contributed by atoms with Gasteiger partial charge in [-0.1, -0.05) is 18.2 Å². The number of benzene rings is 3. The molecule has 1 saturated heterocycles. The van der Waals surface area contributed by atoms with E-state index in [1.807, 2.05) is 84.7 Å². The molecular weight excluding hydrogens is 500 g/mol. The summed E-state index contributed by atoms with van der Waals surface area (Å²) in [5.41, 5.74) is 1.70. The summed E-state index contributed by atoms with van der Waals surface area (Å²) in [6, 6.07) is 23.1. The standard InChI is InChI=1S/C29H32N4O4S/c1-21-17-32(33(20-34)23-8-10-26(11-9-23)37-25-6-4-3-5-7-25)15-14-31(21)18-24(35)19-36-27-12-13-29-28(16-27)30-22(2)38-29/h3-13,16,20-21,24,35H,14-15,17-19H2,1-2H3/t21-,24+/m0/s1. The Morgan fingerprint density at radius 2 is 1.82 bits per heavy atom. The van der Waals surface area contributed by atoms with Gasteiger partial charge in [-0.05, 0) is 62.4 Å². The van der Waals surface area contributed by atoms with Crippen molar-refractivity contribution < 1.29 is 19.4 Å². The molecule has 1 aliphatic rings. The van der Waals surface area contributed by atoms with E-state index in [0.29, 0.717) is 31.1 Å².